The highest BCUT2D eigenvalue weighted by Gasteiger charge is 2.34. The zero-order valence-electron chi connectivity index (χ0n) is 10.6. The summed E-state index contributed by atoms with van der Waals surface area (Å²) in [6.45, 7) is 4.43. The van der Waals surface area contributed by atoms with Crippen LogP contribution in [0.3, 0.4) is 0 Å². The van der Waals surface area contributed by atoms with E-state index in [2.05, 4.69) is 5.32 Å². The maximum absolute atomic E-state index is 12.2. The van der Waals surface area contributed by atoms with Gasteiger partial charge in [-0.15, -0.1) is 0 Å². The third-order valence-electron chi connectivity index (χ3n) is 3.14. The number of ketones is 1. The minimum atomic E-state index is -0.521. The Morgan fingerprint density at radius 2 is 1.76 bits per heavy atom. The zero-order valence-corrected chi connectivity index (χ0v) is 10.6. The van der Waals surface area contributed by atoms with Crippen LogP contribution in [0.1, 0.15) is 29.8 Å². The van der Waals surface area contributed by atoms with E-state index in [-0.39, 0.29) is 5.78 Å². The van der Waals surface area contributed by atoms with Gasteiger partial charge in [0, 0.05) is 12.1 Å². The lowest BCUT2D eigenvalue weighted by molar-refractivity contribution is 0.0864. The van der Waals surface area contributed by atoms with Crippen molar-refractivity contribution in [1.82, 2.24) is 5.32 Å². The van der Waals surface area contributed by atoms with Crippen LogP contribution >= 0.6 is 0 Å². The first-order chi connectivity index (χ1) is 7.99. The van der Waals surface area contributed by atoms with Gasteiger partial charge in [-0.25, -0.2) is 0 Å². The number of carbonyl (C=O) groups is 1. The standard InChI is InChI=1S/C13H17NO3/c1-13(2)12(15)9-6-11(17-4)10(16-3)5-8(9)7-14-13/h5-6,14H,7H2,1-4H3. The second-order valence-electron chi connectivity index (χ2n) is 4.67. The molecule has 0 atom stereocenters. The molecule has 0 saturated heterocycles. The lowest BCUT2D eigenvalue weighted by Gasteiger charge is -2.31. The van der Waals surface area contributed by atoms with Gasteiger partial charge in [-0.2, -0.15) is 0 Å². The summed E-state index contributed by atoms with van der Waals surface area (Å²) in [4.78, 5) is 12.2. The predicted molar refractivity (Wildman–Crippen MR) is 64.8 cm³/mol. The fraction of sp³-hybridized carbons (Fsp3) is 0.462. The zero-order chi connectivity index (χ0) is 12.6. The maximum Gasteiger partial charge on any atom is 0.182 e. The Morgan fingerprint density at radius 1 is 1.18 bits per heavy atom. The Bertz CT molecular complexity index is 466. The molecule has 1 aromatic rings. The summed E-state index contributed by atoms with van der Waals surface area (Å²) >= 11 is 0. The fourth-order valence-electron chi connectivity index (χ4n) is 2.01. The van der Waals surface area contributed by atoms with Crippen LogP contribution in [0.15, 0.2) is 12.1 Å². The molecular weight excluding hydrogens is 218 g/mol. The number of carbonyl (C=O) groups excluding carboxylic acids is 1. The van der Waals surface area contributed by atoms with Crippen LogP contribution in [0.25, 0.3) is 0 Å². The SMILES string of the molecule is COc1cc2c(cc1OC)C(=O)C(C)(C)NC2. The summed E-state index contributed by atoms with van der Waals surface area (Å²) in [5.74, 6) is 1.33. The third-order valence-corrected chi connectivity index (χ3v) is 3.14. The molecule has 0 unspecified atom stereocenters. The van der Waals surface area contributed by atoms with Gasteiger partial charge in [-0.1, -0.05) is 0 Å². The lowest BCUT2D eigenvalue weighted by Crippen LogP contribution is -2.50. The number of fused-ring (bicyclic) bond motifs is 1. The van der Waals surface area contributed by atoms with Gasteiger partial charge in [0.05, 0.1) is 19.8 Å². The van der Waals surface area contributed by atoms with Gasteiger partial charge in [-0.05, 0) is 31.5 Å². The molecule has 4 heteroatoms. The molecule has 17 heavy (non-hydrogen) atoms. The Balaban J connectivity index is 2.55. The fourth-order valence-corrected chi connectivity index (χ4v) is 2.01. The van der Waals surface area contributed by atoms with E-state index in [4.69, 9.17) is 9.47 Å². The average Bonchev–Trinajstić information content (AvgIpc) is 2.33. The van der Waals surface area contributed by atoms with E-state index in [0.717, 1.165) is 5.56 Å². The highest BCUT2D eigenvalue weighted by Crippen LogP contribution is 2.34. The molecule has 0 radical (unpaired) electrons. The minimum absolute atomic E-state index is 0.0831. The summed E-state index contributed by atoms with van der Waals surface area (Å²) in [6.07, 6.45) is 0. The molecule has 4 nitrogen and oxygen atoms in total. The van der Waals surface area contributed by atoms with Gasteiger partial charge in [0.25, 0.3) is 0 Å². The van der Waals surface area contributed by atoms with Crippen LogP contribution < -0.4 is 14.8 Å². The minimum Gasteiger partial charge on any atom is -0.493 e. The molecule has 92 valence electrons. The number of benzene rings is 1. The predicted octanol–water partition coefficient (Wildman–Crippen LogP) is 1.77. The molecule has 1 aromatic carbocycles. The summed E-state index contributed by atoms with van der Waals surface area (Å²) in [7, 11) is 3.16. The van der Waals surface area contributed by atoms with Gasteiger partial charge in [0.2, 0.25) is 0 Å². The van der Waals surface area contributed by atoms with Crippen LogP contribution in [-0.4, -0.2) is 25.5 Å². The van der Waals surface area contributed by atoms with Gasteiger partial charge in [-0.3, -0.25) is 4.79 Å². The summed E-state index contributed by atoms with van der Waals surface area (Å²) < 4.78 is 10.4. The first-order valence-electron chi connectivity index (χ1n) is 5.54. The van der Waals surface area contributed by atoms with Gasteiger partial charge < -0.3 is 14.8 Å². The first kappa shape index (κ1) is 11.9. The Labute approximate surface area is 101 Å². The largest absolute Gasteiger partial charge is 0.493 e. The molecule has 0 aromatic heterocycles. The molecule has 1 heterocycles. The molecule has 0 fully saturated rings. The van der Waals surface area contributed by atoms with Crippen molar-refractivity contribution in [3.63, 3.8) is 0 Å². The van der Waals surface area contributed by atoms with Gasteiger partial charge in [0.15, 0.2) is 17.3 Å². The number of methoxy groups -OCH3 is 2. The van der Waals surface area contributed by atoms with Crippen molar-refractivity contribution in [2.45, 2.75) is 25.9 Å². The van der Waals surface area contributed by atoms with E-state index >= 15 is 0 Å². The second-order valence-corrected chi connectivity index (χ2v) is 4.67. The van der Waals surface area contributed by atoms with E-state index < -0.39 is 5.54 Å². The molecule has 0 aliphatic carbocycles. The van der Waals surface area contributed by atoms with Crippen molar-refractivity contribution >= 4 is 5.78 Å². The summed E-state index contributed by atoms with van der Waals surface area (Å²) in [5, 5.41) is 3.21. The van der Waals surface area contributed by atoms with Crippen molar-refractivity contribution in [2.24, 2.45) is 0 Å². The van der Waals surface area contributed by atoms with Crippen molar-refractivity contribution in [3.05, 3.63) is 23.3 Å². The monoisotopic (exact) mass is 235 g/mol. The van der Waals surface area contributed by atoms with Gasteiger partial charge in [0.1, 0.15) is 0 Å². The van der Waals surface area contributed by atoms with E-state index in [1.807, 2.05) is 19.9 Å². The topological polar surface area (TPSA) is 47.6 Å². The summed E-state index contributed by atoms with van der Waals surface area (Å²) in [5.41, 5.74) is 1.14. The van der Waals surface area contributed by atoms with Crippen LogP contribution in [0.5, 0.6) is 11.5 Å². The van der Waals surface area contributed by atoms with Crippen LogP contribution in [0.4, 0.5) is 0 Å². The molecular formula is C13H17NO3. The molecule has 1 aliphatic rings. The van der Waals surface area contributed by atoms with Crippen molar-refractivity contribution in [1.29, 1.82) is 0 Å². The number of Topliss-reactive ketones (excluding diaryl/α,β-unsaturated/α-hetero) is 1. The quantitative estimate of drug-likeness (QED) is 0.848. The Kier molecular flexibility index (Phi) is 2.83. The molecule has 1 aliphatic heterocycles. The van der Waals surface area contributed by atoms with Crippen molar-refractivity contribution in [3.8, 4) is 11.5 Å². The Morgan fingerprint density at radius 3 is 2.35 bits per heavy atom. The van der Waals surface area contributed by atoms with Gasteiger partial charge >= 0.3 is 0 Å². The van der Waals surface area contributed by atoms with Crippen molar-refractivity contribution < 1.29 is 14.3 Å². The highest BCUT2D eigenvalue weighted by atomic mass is 16.5. The van der Waals surface area contributed by atoms with Crippen LogP contribution in [0, 0.1) is 0 Å². The lowest BCUT2D eigenvalue weighted by atomic mass is 9.86. The van der Waals surface area contributed by atoms with E-state index in [0.29, 0.717) is 23.6 Å². The molecule has 2 rings (SSSR count). The number of rotatable bonds is 2. The van der Waals surface area contributed by atoms with Crippen LogP contribution in [0.2, 0.25) is 0 Å². The number of ether oxygens (including phenoxy) is 2. The smallest absolute Gasteiger partial charge is 0.182 e. The number of hydrogen-bond acceptors (Lipinski definition) is 4. The number of nitrogens with one attached hydrogen (secondary N) is 1. The molecule has 0 spiro atoms. The van der Waals surface area contributed by atoms with Crippen LogP contribution in [-0.2, 0) is 6.54 Å². The second kappa shape index (κ2) is 4.04. The van der Waals surface area contributed by atoms with E-state index in [1.54, 1.807) is 20.3 Å². The third kappa shape index (κ3) is 1.89. The maximum atomic E-state index is 12.2. The molecule has 1 N–H and O–H groups in total. The first-order valence-corrected chi connectivity index (χ1v) is 5.54. The molecule has 0 amide bonds. The summed E-state index contributed by atoms with van der Waals surface area (Å²) in [6, 6.07) is 3.62. The average molecular weight is 235 g/mol. The highest BCUT2D eigenvalue weighted by molar-refractivity contribution is 6.05. The Hall–Kier alpha value is -1.55. The molecule has 0 bridgehead atoms. The van der Waals surface area contributed by atoms with E-state index in [1.165, 1.54) is 0 Å². The normalized spacial score (nSPS) is 17.5. The van der Waals surface area contributed by atoms with E-state index in [9.17, 15) is 4.79 Å². The number of hydrogen-bond donors (Lipinski definition) is 1. The molecule has 0 saturated carbocycles. The van der Waals surface area contributed by atoms with Crippen molar-refractivity contribution in [2.75, 3.05) is 14.2 Å².